The maximum Gasteiger partial charge on any atom is 0.221 e. The van der Waals surface area contributed by atoms with Crippen molar-refractivity contribution in [3.63, 3.8) is 0 Å². The van der Waals surface area contributed by atoms with Gasteiger partial charge in [0.05, 0.1) is 18.4 Å². The Balaban J connectivity index is 2.31. The van der Waals surface area contributed by atoms with Crippen molar-refractivity contribution in [2.24, 2.45) is 0 Å². The quantitative estimate of drug-likeness (QED) is 0.618. The van der Waals surface area contributed by atoms with E-state index < -0.39 is 6.10 Å². The van der Waals surface area contributed by atoms with Crippen molar-refractivity contribution in [3.8, 4) is 0 Å². The van der Waals surface area contributed by atoms with E-state index in [-0.39, 0.29) is 19.1 Å². The topological polar surface area (TPSA) is 87.4 Å². The molecule has 0 radical (unpaired) electrons. The molecule has 6 nitrogen and oxygen atoms in total. The lowest BCUT2D eigenvalue weighted by atomic mass is 10.3. The molecule has 0 saturated carbocycles. The molecule has 1 aromatic heterocycles. The van der Waals surface area contributed by atoms with Crippen LogP contribution >= 0.6 is 0 Å². The Bertz CT molecular complexity index is 376. The van der Waals surface area contributed by atoms with E-state index in [9.17, 15) is 4.79 Å². The molecule has 1 amide bonds. The van der Waals surface area contributed by atoms with Crippen LogP contribution in [0.15, 0.2) is 6.07 Å². The first-order valence-electron chi connectivity index (χ1n) is 5.59. The summed E-state index contributed by atoms with van der Waals surface area (Å²) >= 11 is 0. The predicted octanol–water partition coefficient (Wildman–Crippen LogP) is -0.641. The zero-order chi connectivity index (χ0) is 12.8. The molecule has 0 saturated heterocycles. The van der Waals surface area contributed by atoms with Crippen LogP contribution in [-0.2, 0) is 11.3 Å². The third kappa shape index (κ3) is 4.54. The van der Waals surface area contributed by atoms with Crippen LogP contribution in [0.5, 0.6) is 0 Å². The minimum Gasteiger partial charge on any atom is -0.394 e. The molecule has 6 heteroatoms. The van der Waals surface area contributed by atoms with Gasteiger partial charge in [-0.25, -0.2) is 0 Å². The number of hydrogen-bond donors (Lipinski definition) is 3. The fraction of sp³-hybridized carbons (Fsp3) is 0.636. The molecule has 0 fully saturated rings. The number of carbonyl (C=O) groups is 1. The molecule has 3 N–H and O–H groups in total. The van der Waals surface area contributed by atoms with Crippen molar-refractivity contribution in [1.82, 2.24) is 15.1 Å². The van der Waals surface area contributed by atoms with Gasteiger partial charge >= 0.3 is 0 Å². The highest BCUT2D eigenvalue weighted by molar-refractivity contribution is 5.75. The Kier molecular flexibility index (Phi) is 5.11. The average Bonchev–Trinajstić information content (AvgIpc) is 2.62. The highest BCUT2D eigenvalue weighted by Crippen LogP contribution is 2.02. The van der Waals surface area contributed by atoms with Gasteiger partial charge in [-0.1, -0.05) is 0 Å². The van der Waals surface area contributed by atoms with E-state index in [1.54, 1.807) is 4.68 Å². The van der Waals surface area contributed by atoms with Gasteiger partial charge in [0.2, 0.25) is 5.91 Å². The molecule has 1 aromatic rings. The molecule has 1 atom stereocenters. The maximum absolute atomic E-state index is 11.4. The third-order valence-electron chi connectivity index (χ3n) is 2.40. The number of nitrogens with one attached hydrogen (secondary N) is 1. The number of carbonyl (C=O) groups excluding carboxylic acids is 1. The fourth-order valence-electron chi connectivity index (χ4n) is 1.49. The van der Waals surface area contributed by atoms with Gasteiger partial charge in [0.15, 0.2) is 0 Å². The Morgan fingerprint density at radius 2 is 2.29 bits per heavy atom. The van der Waals surface area contributed by atoms with Crippen molar-refractivity contribution in [3.05, 3.63) is 17.5 Å². The number of aromatic nitrogens is 2. The molecule has 96 valence electrons. The van der Waals surface area contributed by atoms with Gasteiger partial charge in [-0.3, -0.25) is 9.48 Å². The molecular formula is C11H19N3O3. The van der Waals surface area contributed by atoms with Gasteiger partial charge in [-0.05, 0) is 19.9 Å². The number of aliphatic hydroxyl groups is 2. The first kappa shape index (κ1) is 13.7. The summed E-state index contributed by atoms with van der Waals surface area (Å²) in [5, 5.41) is 24.4. The zero-order valence-electron chi connectivity index (χ0n) is 10.2. The highest BCUT2D eigenvalue weighted by atomic mass is 16.3. The second-order valence-corrected chi connectivity index (χ2v) is 4.04. The van der Waals surface area contributed by atoms with Gasteiger partial charge in [-0.2, -0.15) is 5.10 Å². The SMILES string of the molecule is Cc1cc(C)n(CCC(=O)NCC(O)CO)n1. The molecule has 0 spiro atoms. The molecule has 0 bridgehead atoms. The summed E-state index contributed by atoms with van der Waals surface area (Å²) in [6, 6.07) is 1.95. The molecule has 1 heterocycles. The summed E-state index contributed by atoms with van der Waals surface area (Å²) in [6.07, 6.45) is -0.590. The number of amides is 1. The van der Waals surface area contributed by atoms with Gasteiger partial charge in [0.25, 0.3) is 0 Å². The first-order valence-corrected chi connectivity index (χ1v) is 5.59. The van der Waals surface area contributed by atoms with Crippen molar-refractivity contribution in [2.45, 2.75) is 32.9 Å². The van der Waals surface area contributed by atoms with Crippen molar-refractivity contribution >= 4 is 5.91 Å². The molecule has 1 rings (SSSR count). The summed E-state index contributed by atoms with van der Waals surface area (Å²) in [5.41, 5.74) is 1.95. The third-order valence-corrected chi connectivity index (χ3v) is 2.40. The Morgan fingerprint density at radius 3 is 2.82 bits per heavy atom. The van der Waals surface area contributed by atoms with E-state index >= 15 is 0 Å². The zero-order valence-corrected chi connectivity index (χ0v) is 10.2. The van der Waals surface area contributed by atoms with Crippen molar-refractivity contribution < 1.29 is 15.0 Å². The van der Waals surface area contributed by atoms with E-state index in [2.05, 4.69) is 10.4 Å². The normalized spacial score (nSPS) is 12.5. The maximum atomic E-state index is 11.4. The molecule has 0 aliphatic carbocycles. The van der Waals surface area contributed by atoms with Gasteiger partial charge < -0.3 is 15.5 Å². The second-order valence-electron chi connectivity index (χ2n) is 4.04. The van der Waals surface area contributed by atoms with E-state index in [1.807, 2.05) is 19.9 Å². The molecule has 0 aliphatic rings. The number of aliphatic hydroxyl groups excluding tert-OH is 2. The summed E-state index contributed by atoms with van der Waals surface area (Å²) in [5.74, 6) is -0.162. The smallest absolute Gasteiger partial charge is 0.221 e. The van der Waals surface area contributed by atoms with E-state index in [0.29, 0.717) is 13.0 Å². The Labute approximate surface area is 100 Å². The minimum atomic E-state index is -0.896. The highest BCUT2D eigenvalue weighted by Gasteiger charge is 2.07. The molecular weight excluding hydrogens is 222 g/mol. The summed E-state index contributed by atoms with van der Waals surface area (Å²) in [7, 11) is 0. The van der Waals surface area contributed by atoms with Crippen LogP contribution in [-0.4, -0.2) is 45.2 Å². The van der Waals surface area contributed by atoms with Crippen LogP contribution in [0, 0.1) is 13.8 Å². The van der Waals surface area contributed by atoms with Crippen LogP contribution in [0.3, 0.4) is 0 Å². The fourth-order valence-corrected chi connectivity index (χ4v) is 1.49. The number of rotatable bonds is 6. The standard InChI is InChI=1S/C11H19N3O3/c1-8-5-9(2)14(13-8)4-3-11(17)12-6-10(16)7-15/h5,10,15-16H,3-4,6-7H2,1-2H3,(H,12,17). The van der Waals surface area contributed by atoms with Crippen LogP contribution in [0.2, 0.25) is 0 Å². The van der Waals surface area contributed by atoms with E-state index in [0.717, 1.165) is 11.4 Å². The monoisotopic (exact) mass is 241 g/mol. The predicted molar refractivity (Wildman–Crippen MR) is 62.4 cm³/mol. The first-order chi connectivity index (χ1) is 8.02. The Morgan fingerprint density at radius 1 is 1.59 bits per heavy atom. The lowest BCUT2D eigenvalue weighted by Crippen LogP contribution is -2.34. The van der Waals surface area contributed by atoms with Crippen LogP contribution < -0.4 is 5.32 Å². The van der Waals surface area contributed by atoms with Gasteiger partial charge in [0.1, 0.15) is 0 Å². The van der Waals surface area contributed by atoms with Crippen LogP contribution in [0.4, 0.5) is 0 Å². The lowest BCUT2D eigenvalue weighted by molar-refractivity contribution is -0.121. The lowest BCUT2D eigenvalue weighted by Gasteiger charge is -2.09. The number of aryl methyl sites for hydroxylation is 3. The van der Waals surface area contributed by atoms with Gasteiger partial charge in [-0.15, -0.1) is 0 Å². The van der Waals surface area contributed by atoms with E-state index in [4.69, 9.17) is 10.2 Å². The minimum absolute atomic E-state index is 0.0758. The largest absolute Gasteiger partial charge is 0.394 e. The number of nitrogens with zero attached hydrogens (tertiary/aromatic N) is 2. The second kappa shape index (κ2) is 6.36. The summed E-state index contributed by atoms with van der Waals surface area (Å²) < 4.78 is 1.78. The van der Waals surface area contributed by atoms with Crippen LogP contribution in [0.25, 0.3) is 0 Å². The Hall–Kier alpha value is -1.40. The molecule has 0 aromatic carbocycles. The van der Waals surface area contributed by atoms with Crippen molar-refractivity contribution in [1.29, 1.82) is 0 Å². The molecule has 0 aliphatic heterocycles. The van der Waals surface area contributed by atoms with Crippen molar-refractivity contribution in [2.75, 3.05) is 13.2 Å². The molecule has 1 unspecified atom stereocenters. The molecule has 17 heavy (non-hydrogen) atoms. The van der Waals surface area contributed by atoms with E-state index in [1.165, 1.54) is 0 Å². The van der Waals surface area contributed by atoms with Crippen LogP contribution in [0.1, 0.15) is 17.8 Å². The summed E-state index contributed by atoms with van der Waals surface area (Å²) in [6.45, 7) is 4.08. The summed E-state index contributed by atoms with van der Waals surface area (Å²) in [4.78, 5) is 11.4. The van der Waals surface area contributed by atoms with Gasteiger partial charge in [0, 0.05) is 25.2 Å². The average molecular weight is 241 g/mol. The number of hydrogen-bond acceptors (Lipinski definition) is 4.